The number of thioether (sulfide) groups is 1. The van der Waals surface area contributed by atoms with Crippen LogP contribution in [-0.2, 0) is 0 Å². The van der Waals surface area contributed by atoms with Gasteiger partial charge in [-0.05, 0) is 30.0 Å². The van der Waals surface area contributed by atoms with E-state index in [9.17, 15) is 4.79 Å². The summed E-state index contributed by atoms with van der Waals surface area (Å²) in [6.07, 6.45) is 2.92. The summed E-state index contributed by atoms with van der Waals surface area (Å²) in [6.45, 7) is 4.44. The standard InChI is InChI=1S/C12H18OS2/c1-3-10(2)14-8-4-6-11(13)12-7-5-9-15-12/h5,7,9-10H,3-4,6,8H2,1-2H3. The third-order valence-corrected chi connectivity index (χ3v) is 4.66. The molecule has 0 amide bonds. The normalized spacial score (nSPS) is 12.7. The number of carbonyl (C=O) groups is 1. The van der Waals surface area contributed by atoms with Gasteiger partial charge in [0.1, 0.15) is 0 Å². The fraction of sp³-hybridized carbons (Fsp3) is 0.583. The van der Waals surface area contributed by atoms with Gasteiger partial charge in [-0.2, -0.15) is 11.8 Å². The lowest BCUT2D eigenvalue weighted by Crippen LogP contribution is -1.99. The topological polar surface area (TPSA) is 17.1 Å². The first-order valence-corrected chi connectivity index (χ1v) is 7.35. The van der Waals surface area contributed by atoms with Crippen LogP contribution in [0.5, 0.6) is 0 Å². The summed E-state index contributed by atoms with van der Waals surface area (Å²) < 4.78 is 0. The Bertz CT molecular complexity index is 280. The molecule has 3 heteroatoms. The smallest absolute Gasteiger partial charge is 0.172 e. The highest BCUT2D eigenvalue weighted by Crippen LogP contribution is 2.17. The molecule has 0 aliphatic carbocycles. The molecule has 0 saturated carbocycles. The number of ketones is 1. The molecule has 1 unspecified atom stereocenters. The van der Waals surface area contributed by atoms with E-state index < -0.39 is 0 Å². The van der Waals surface area contributed by atoms with Crippen molar-refractivity contribution in [3.63, 3.8) is 0 Å². The number of carbonyl (C=O) groups excluding carboxylic acids is 1. The third kappa shape index (κ3) is 4.85. The number of rotatable bonds is 7. The number of Topliss-reactive ketones (excluding diaryl/α,β-unsaturated/α-hetero) is 1. The third-order valence-electron chi connectivity index (χ3n) is 2.32. The maximum atomic E-state index is 11.6. The Hall–Kier alpha value is -0.280. The van der Waals surface area contributed by atoms with Gasteiger partial charge in [-0.1, -0.05) is 19.9 Å². The number of hydrogen-bond acceptors (Lipinski definition) is 3. The molecular formula is C12H18OS2. The van der Waals surface area contributed by atoms with Crippen molar-refractivity contribution in [1.82, 2.24) is 0 Å². The fourth-order valence-corrected chi connectivity index (χ4v) is 2.84. The SMILES string of the molecule is CCC(C)SCCCC(=O)c1cccs1. The first-order valence-electron chi connectivity index (χ1n) is 5.42. The lowest BCUT2D eigenvalue weighted by Gasteiger charge is -2.06. The quantitative estimate of drug-likeness (QED) is 0.525. The minimum atomic E-state index is 0.301. The Morgan fingerprint density at radius 3 is 3.00 bits per heavy atom. The van der Waals surface area contributed by atoms with E-state index in [2.05, 4.69) is 13.8 Å². The van der Waals surface area contributed by atoms with Crippen molar-refractivity contribution < 1.29 is 4.79 Å². The largest absolute Gasteiger partial charge is 0.293 e. The monoisotopic (exact) mass is 242 g/mol. The lowest BCUT2D eigenvalue weighted by atomic mass is 10.2. The van der Waals surface area contributed by atoms with Crippen molar-refractivity contribution >= 4 is 28.9 Å². The predicted octanol–water partition coefficient (Wildman–Crippen LogP) is 4.24. The van der Waals surface area contributed by atoms with Crippen LogP contribution in [0.25, 0.3) is 0 Å². The van der Waals surface area contributed by atoms with E-state index in [-0.39, 0.29) is 0 Å². The summed E-state index contributed by atoms with van der Waals surface area (Å²) in [5, 5.41) is 2.68. The van der Waals surface area contributed by atoms with Crippen LogP contribution < -0.4 is 0 Å². The van der Waals surface area contributed by atoms with Crippen LogP contribution in [-0.4, -0.2) is 16.8 Å². The summed E-state index contributed by atoms with van der Waals surface area (Å²) in [7, 11) is 0. The fourth-order valence-electron chi connectivity index (χ4n) is 1.20. The molecule has 1 heterocycles. The maximum absolute atomic E-state index is 11.6. The zero-order valence-corrected chi connectivity index (χ0v) is 11.0. The van der Waals surface area contributed by atoms with Crippen LogP contribution in [0.3, 0.4) is 0 Å². The molecule has 0 N–H and O–H groups in total. The summed E-state index contributed by atoms with van der Waals surface area (Å²) in [4.78, 5) is 12.5. The van der Waals surface area contributed by atoms with E-state index in [0.717, 1.165) is 22.3 Å². The van der Waals surface area contributed by atoms with Gasteiger partial charge in [0.2, 0.25) is 0 Å². The van der Waals surface area contributed by atoms with Crippen molar-refractivity contribution in [2.24, 2.45) is 0 Å². The van der Waals surface area contributed by atoms with Crippen molar-refractivity contribution in [2.45, 2.75) is 38.4 Å². The van der Waals surface area contributed by atoms with Gasteiger partial charge in [0.05, 0.1) is 4.88 Å². The summed E-state index contributed by atoms with van der Waals surface area (Å²) in [5.74, 6) is 1.40. The molecule has 15 heavy (non-hydrogen) atoms. The van der Waals surface area contributed by atoms with Crippen LogP contribution in [0.15, 0.2) is 17.5 Å². The molecular weight excluding hydrogens is 224 g/mol. The minimum absolute atomic E-state index is 0.301. The molecule has 1 rings (SSSR count). The van der Waals surface area contributed by atoms with Crippen molar-refractivity contribution in [1.29, 1.82) is 0 Å². The average Bonchev–Trinajstić information content (AvgIpc) is 2.77. The van der Waals surface area contributed by atoms with Crippen molar-refractivity contribution in [2.75, 3.05) is 5.75 Å². The molecule has 0 spiro atoms. The Morgan fingerprint density at radius 2 is 2.40 bits per heavy atom. The first kappa shape index (κ1) is 12.8. The highest BCUT2D eigenvalue weighted by atomic mass is 32.2. The van der Waals surface area contributed by atoms with E-state index in [0.29, 0.717) is 12.2 Å². The minimum Gasteiger partial charge on any atom is -0.293 e. The summed E-state index contributed by atoms with van der Waals surface area (Å²) in [5.41, 5.74) is 0. The Labute approximate surface area is 100 Å². The molecule has 1 nitrogen and oxygen atoms in total. The van der Waals surface area contributed by atoms with Crippen LogP contribution in [0.2, 0.25) is 0 Å². The summed E-state index contributed by atoms with van der Waals surface area (Å²) in [6, 6.07) is 3.85. The lowest BCUT2D eigenvalue weighted by molar-refractivity contribution is 0.0986. The van der Waals surface area contributed by atoms with Gasteiger partial charge in [0.25, 0.3) is 0 Å². The predicted molar refractivity (Wildman–Crippen MR) is 70.1 cm³/mol. The second-order valence-corrected chi connectivity index (χ2v) is 6.09. The van der Waals surface area contributed by atoms with Crippen LogP contribution in [0.4, 0.5) is 0 Å². The molecule has 0 fully saturated rings. The van der Waals surface area contributed by atoms with Gasteiger partial charge in [-0.25, -0.2) is 0 Å². The molecule has 0 saturated heterocycles. The highest BCUT2D eigenvalue weighted by Gasteiger charge is 2.06. The van der Waals surface area contributed by atoms with E-state index in [1.807, 2.05) is 29.3 Å². The average molecular weight is 242 g/mol. The van der Waals surface area contributed by atoms with Crippen LogP contribution in [0, 0.1) is 0 Å². The molecule has 0 aliphatic rings. The molecule has 0 aliphatic heterocycles. The zero-order chi connectivity index (χ0) is 11.1. The molecule has 1 atom stereocenters. The molecule has 0 radical (unpaired) electrons. The van der Waals surface area contributed by atoms with Gasteiger partial charge in [0.15, 0.2) is 5.78 Å². The Balaban J connectivity index is 2.13. The second-order valence-electron chi connectivity index (χ2n) is 3.59. The van der Waals surface area contributed by atoms with E-state index in [4.69, 9.17) is 0 Å². The van der Waals surface area contributed by atoms with Gasteiger partial charge in [-0.3, -0.25) is 4.79 Å². The second kappa shape index (κ2) is 7.07. The first-order chi connectivity index (χ1) is 7.24. The van der Waals surface area contributed by atoms with Crippen molar-refractivity contribution in [3.05, 3.63) is 22.4 Å². The van der Waals surface area contributed by atoms with Gasteiger partial charge >= 0.3 is 0 Å². The Morgan fingerprint density at radius 1 is 1.60 bits per heavy atom. The number of hydrogen-bond donors (Lipinski definition) is 0. The van der Waals surface area contributed by atoms with Crippen LogP contribution >= 0.6 is 23.1 Å². The molecule has 0 aromatic carbocycles. The van der Waals surface area contributed by atoms with Gasteiger partial charge < -0.3 is 0 Å². The Kier molecular flexibility index (Phi) is 6.03. The molecule has 1 aromatic heterocycles. The van der Waals surface area contributed by atoms with Gasteiger partial charge in [-0.15, -0.1) is 11.3 Å². The van der Waals surface area contributed by atoms with Gasteiger partial charge in [0, 0.05) is 11.7 Å². The van der Waals surface area contributed by atoms with Crippen LogP contribution in [0.1, 0.15) is 42.8 Å². The zero-order valence-electron chi connectivity index (χ0n) is 9.36. The van der Waals surface area contributed by atoms with Crippen molar-refractivity contribution in [3.8, 4) is 0 Å². The van der Waals surface area contributed by atoms with E-state index >= 15 is 0 Å². The van der Waals surface area contributed by atoms with E-state index in [1.165, 1.54) is 6.42 Å². The highest BCUT2D eigenvalue weighted by molar-refractivity contribution is 7.99. The molecule has 84 valence electrons. The summed E-state index contributed by atoms with van der Waals surface area (Å²) >= 11 is 3.51. The molecule has 1 aromatic rings. The van der Waals surface area contributed by atoms with E-state index in [1.54, 1.807) is 11.3 Å². The number of thiophene rings is 1. The molecule has 0 bridgehead atoms. The maximum Gasteiger partial charge on any atom is 0.172 e.